The highest BCUT2D eigenvalue weighted by atomic mass is 32.2. The molecule has 6 nitrogen and oxygen atoms in total. The summed E-state index contributed by atoms with van der Waals surface area (Å²) in [6.07, 6.45) is 0. The van der Waals surface area contributed by atoms with E-state index in [9.17, 15) is 8.42 Å². The van der Waals surface area contributed by atoms with Crippen LogP contribution in [0.2, 0.25) is 0 Å². The van der Waals surface area contributed by atoms with Gasteiger partial charge in [-0.15, -0.1) is 5.10 Å². The number of aromatic nitrogens is 1. The van der Waals surface area contributed by atoms with Crippen LogP contribution in [0.25, 0.3) is 0 Å². The Morgan fingerprint density at radius 1 is 1.03 bits per heavy atom. The van der Waals surface area contributed by atoms with Gasteiger partial charge in [-0.1, -0.05) is 60.7 Å². The fourth-order valence-electron chi connectivity index (χ4n) is 3.80. The summed E-state index contributed by atoms with van der Waals surface area (Å²) >= 11 is 0. The largest absolute Gasteiger partial charge is 0.328 e. The van der Waals surface area contributed by atoms with Crippen molar-refractivity contribution in [3.63, 3.8) is 0 Å². The molecule has 7 heteroatoms. The number of hydrazone groups is 1. The Labute approximate surface area is 170 Å². The second-order valence-electron chi connectivity index (χ2n) is 7.02. The quantitative estimate of drug-likeness (QED) is 0.713. The van der Waals surface area contributed by atoms with E-state index < -0.39 is 14.9 Å². The van der Waals surface area contributed by atoms with Gasteiger partial charge in [0, 0.05) is 18.2 Å². The molecule has 0 atom stereocenters. The maximum atomic E-state index is 12.8. The lowest BCUT2D eigenvalue weighted by Crippen LogP contribution is -2.22. The molecular formula is C22H20N4O2S. The van der Waals surface area contributed by atoms with Crippen LogP contribution in [0.1, 0.15) is 28.3 Å². The molecule has 2 heterocycles. The van der Waals surface area contributed by atoms with E-state index in [-0.39, 0.29) is 10.8 Å². The van der Waals surface area contributed by atoms with E-state index in [4.69, 9.17) is 5.26 Å². The van der Waals surface area contributed by atoms with Crippen molar-refractivity contribution in [3.8, 4) is 6.07 Å². The van der Waals surface area contributed by atoms with Gasteiger partial charge >= 0.3 is 0 Å². The van der Waals surface area contributed by atoms with Crippen molar-refractivity contribution in [2.24, 2.45) is 5.10 Å². The number of nitrogens with one attached hydrogen (secondary N) is 1. The average Bonchev–Trinajstić information content (AvgIpc) is 2.98. The van der Waals surface area contributed by atoms with Crippen LogP contribution >= 0.6 is 0 Å². The summed E-state index contributed by atoms with van der Waals surface area (Å²) in [4.78, 5) is 0.140. The molecule has 0 saturated heterocycles. The van der Waals surface area contributed by atoms with Gasteiger partial charge in [-0.25, -0.2) is 8.42 Å². The number of nitriles is 1. The number of hydrogen-bond donors (Lipinski definition) is 1. The molecule has 2 aromatic carbocycles. The molecule has 146 valence electrons. The molecule has 0 aliphatic carbocycles. The Morgan fingerprint density at radius 3 is 2.10 bits per heavy atom. The van der Waals surface area contributed by atoms with Crippen molar-refractivity contribution in [1.29, 1.82) is 5.26 Å². The highest BCUT2D eigenvalue weighted by Crippen LogP contribution is 2.37. The second-order valence-corrected chi connectivity index (χ2v) is 8.82. The number of anilines is 1. The number of fused-ring (bicyclic) bond motifs is 1. The minimum atomic E-state index is -3.92. The summed E-state index contributed by atoms with van der Waals surface area (Å²) in [6.45, 7) is 4.20. The lowest BCUT2D eigenvalue weighted by atomic mass is 9.91. The van der Waals surface area contributed by atoms with Crippen molar-refractivity contribution in [2.45, 2.75) is 31.2 Å². The van der Waals surface area contributed by atoms with Crippen molar-refractivity contribution >= 4 is 20.7 Å². The predicted octanol–water partition coefficient (Wildman–Crippen LogP) is 3.97. The summed E-state index contributed by atoms with van der Waals surface area (Å²) in [7, 11) is -3.92. The number of hydrogen-bond acceptors (Lipinski definition) is 5. The van der Waals surface area contributed by atoms with Crippen LogP contribution in [-0.2, 0) is 16.4 Å². The predicted molar refractivity (Wildman–Crippen MR) is 112 cm³/mol. The third-order valence-electron chi connectivity index (χ3n) is 5.42. The van der Waals surface area contributed by atoms with Crippen molar-refractivity contribution in [2.75, 3.05) is 5.43 Å². The monoisotopic (exact) mass is 404 g/mol. The molecule has 4 rings (SSSR count). The van der Waals surface area contributed by atoms with Crippen LogP contribution in [0.4, 0.5) is 5.82 Å². The zero-order valence-corrected chi connectivity index (χ0v) is 16.9. The number of nitrogens with zero attached hydrogens (tertiary/aromatic N) is 3. The van der Waals surface area contributed by atoms with Gasteiger partial charge in [0.1, 0.15) is 16.8 Å². The number of sulfone groups is 1. The number of benzene rings is 2. The molecule has 0 amide bonds. The Kier molecular flexibility index (Phi) is 4.73. The van der Waals surface area contributed by atoms with Crippen LogP contribution in [-0.4, -0.2) is 18.0 Å². The average molecular weight is 404 g/mol. The molecule has 0 radical (unpaired) electrons. The van der Waals surface area contributed by atoms with E-state index in [2.05, 4.69) is 34.8 Å². The fraction of sp³-hybridized carbons (Fsp3) is 0.182. The lowest BCUT2D eigenvalue weighted by Gasteiger charge is -2.22. The maximum Gasteiger partial charge on any atom is 0.256 e. The third kappa shape index (κ3) is 3.12. The van der Waals surface area contributed by atoms with E-state index in [0.29, 0.717) is 17.9 Å². The minimum absolute atomic E-state index is 0.0258. The van der Waals surface area contributed by atoms with Crippen LogP contribution in [0.3, 0.4) is 0 Å². The Balaban J connectivity index is 1.86. The summed E-state index contributed by atoms with van der Waals surface area (Å²) in [5.74, 6) is 0.439. The second kappa shape index (κ2) is 7.22. The molecule has 3 aromatic rings. The first-order valence-electron chi connectivity index (χ1n) is 9.23. The first-order chi connectivity index (χ1) is 13.9. The molecule has 0 bridgehead atoms. The molecule has 29 heavy (non-hydrogen) atoms. The van der Waals surface area contributed by atoms with Gasteiger partial charge in [0.15, 0.2) is 0 Å². The first-order valence-corrected chi connectivity index (χ1v) is 10.7. The molecule has 1 aromatic heterocycles. The highest BCUT2D eigenvalue weighted by Gasteiger charge is 2.36. The Bertz CT molecular complexity index is 1200. The minimum Gasteiger partial charge on any atom is -0.328 e. The highest BCUT2D eigenvalue weighted by molar-refractivity contribution is 8.07. The lowest BCUT2D eigenvalue weighted by molar-refractivity contribution is 0.602. The van der Waals surface area contributed by atoms with E-state index in [1.54, 1.807) is 13.0 Å². The first kappa shape index (κ1) is 19.0. The van der Waals surface area contributed by atoms with Gasteiger partial charge in [-0.2, -0.15) is 5.26 Å². The zero-order valence-electron chi connectivity index (χ0n) is 16.1. The van der Waals surface area contributed by atoms with E-state index in [1.807, 2.05) is 47.9 Å². The summed E-state index contributed by atoms with van der Waals surface area (Å²) in [6, 6.07) is 21.9. The van der Waals surface area contributed by atoms with Crippen LogP contribution in [0, 0.1) is 25.2 Å². The summed E-state index contributed by atoms with van der Waals surface area (Å²) in [5.41, 5.74) is 6.55. The van der Waals surface area contributed by atoms with Gasteiger partial charge in [0.25, 0.3) is 5.04 Å². The van der Waals surface area contributed by atoms with Crippen LogP contribution in [0.5, 0.6) is 0 Å². The Hall–Kier alpha value is -3.37. The fourth-order valence-corrected chi connectivity index (χ4v) is 5.25. The standard InChI is InChI=1S/C22H20N4O2S/c1-15-16(2)26(22-21(15)29(27,28)20(13-23)24-25-22)14-19(17-9-5-3-6-10-17)18-11-7-4-8-12-18/h3-12,19,25H,14H2,1-2H3. The van der Waals surface area contributed by atoms with E-state index in [1.165, 1.54) is 0 Å². The maximum absolute atomic E-state index is 12.8. The molecule has 0 unspecified atom stereocenters. The molecule has 1 N–H and O–H groups in total. The molecular weight excluding hydrogens is 384 g/mol. The van der Waals surface area contributed by atoms with Crippen LogP contribution < -0.4 is 5.43 Å². The smallest absolute Gasteiger partial charge is 0.256 e. The summed E-state index contributed by atoms with van der Waals surface area (Å²) < 4.78 is 27.6. The van der Waals surface area contributed by atoms with Gasteiger partial charge in [-0.3, -0.25) is 5.43 Å². The van der Waals surface area contributed by atoms with E-state index >= 15 is 0 Å². The molecule has 1 aliphatic heterocycles. The van der Waals surface area contributed by atoms with Gasteiger partial charge in [0.2, 0.25) is 9.84 Å². The van der Waals surface area contributed by atoms with E-state index in [0.717, 1.165) is 16.8 Å². The SMILES string of the molecule is Cc1c2c(n(CC(c3ccccc3)c3ccccc3)c1C)NN=C(C#N)S2(=O)=O. The van der Waals surface area contributed by atoms with Gasteiger partial charge < -0.3 is 4.57 Å². The van der Waals surface area contributed by atoms with Gasteiger partial charge in [0.05, 0.1) is 0 Å². The van der Waals surface area contributed by atoms with Crippen molar-refractivity contribution < 1.29 is 8.42 Å². The zero-order chi connectivity index (χ0) is 20.6. The third-order valence-corrected chi connectivity index (χ3v) is 7.15. The molecule has 0 saturated carbocycles. The molecule has 1 aliphatic rings. The van der Waals surface area contributed by atoms with Gasteiger partial charge in [-0.05, 0) is 30.5 Å². The van der Waals surface area contributed by atoms with Crippen LogP contribution in [0.15, 0.2) is 70.7 Å². The Morgan fingerprint density at radius 2 is 1.59 bits per heavy atom. The normalized spacial score (nSPS) is 14.6. The van der Waals surface area contributed by atoms with Crippen molar-refractivity contribution in [3.05, 3.63) is 83.0 Å². The molecule has 0 fully saturated rings. The molecule has 0 spiro atoms. The van der Waals surface area contributed by atoms with Crippen molar-refractivity contribution in [1.82, 2.24) is 4.57 Å². The topological polar surface area (TPSA) is 87.2 Å². The summed E-state index contributed by atoms with van der Waals surface area (Å²) in [5, 5.41) is 12.5. The number of rotatable bonds is 4.